The number of nitriles is 1. The van der Waals surface area contributed by atoms with Crippen LogP contribution in [0.4, 0.5) is 0 Å². The maximum Gasteiger partial charge on any atom is 0.228 e. The third kappa shape index (κ3) is 3.38. The first-order valence-electron chi connectivity index (χ1n) is 10.4. The van der Waals surface area contributed by atoms with Gasteiger partial charge in [-0.3, -0.25) is 4.90 Å². The van der Waals surface area contributed by atoms with Crippen LogP contribution in [0.5, 0.6) is 0 Å². The number of hydrogen-bond acceptors (Lipinski definition) is 4. The quantitative estimate of drug-likeness (QED) is 0.431. The van der Waals surface area contributed by atoms with Gasteiger partial charge in [0.15, 0.2) is 5.58 Å². The van der Waals surface area contributed by atoms with Crippen molar-refractivity contribution in [1.82, 2.24) is 9.88 Å². The molecule has 1 aromatic heterocycles. The Bertz CT molecular complexity index is 1240. The molecule has 1 saturated heterocycles. The van der Waals surface area contributed by atoms with Gasteiger partial charge in [0, 0.05) is 12.1 Å². The van der Waals surface area contributed by atoms with Crippen molar-refractivity contribution in [1.29, 1.82) is 5.26 Å². The van der Waals surface area contributed by atoms with Crippen LogP contribution in [0.1, 0.15) is 29.5 Å². The van der Waals surface area contributed by atoms with E-state index in [1.54, 1.807) is 0 Å². The zero-order valence-electron chi connectivity index (χ0n) is 17.1. The second kappa shape index (κ2) is 7.78. The maximum absolute atomic E-state index is 9.92. The minimum atomic E-state index is 0.497. The number of nitrogens with zero attached hydrogens (tertiary/aromatic N) is 3. The van der Waals surface area contributed by atoms with Crippen LogP contribution < -0.4 is 0 Å². The van der Waals surface area contributed by atoms with E-state index in [-0.39, 0.29) is 0 Å². The Morgan fingerprint density at radius 1 is 1.00 bits per heavy atom. The molecule has 4 nitrogen and oxygen atoms in total. The molecule has 4 heteroatoms. The standard InChI is InChI=1S/C26H23N3O/c1-18-14-25-24(15-20(18)17-29-12-5-6-13-29)28-26(30-25)22-11-7-10-21(23(22)16-27)19-8-3-2-4-9-19/h2-4,7-11,14-15H,5-6,12-13,17H2,1H3. The van der Waals surface area contributed by atoms with E-state index >= 15 is 0 Å². The molecule has 5 rings (SSSR count). The molecule has 0 radical (unpaired) electrons. The number of benzene rings is 3. The summed E-state index contributed by atoms with van der Waals surface area (Å²) in [4.78, 5) is 7.26. The van der Waals surface area contributed by atoms with Gasteiger partial charge in [0.2, 0.25) is 5.89 Å². The summed E-state index contributed by atoms with van der Waals surface area (Å²) in [5, 5.41) is 9.92. The summed E-state index contributed by atoms with van der Waals surface area (Å²) in [6.45, 7) is 5.42. The fraction of sp³-hybridized carbons (Fsp3) is 0.231. The largest absolute Gasteiger partial charge is 0.436 e. The topological polar surface area (TPSA) is 53.1 Å². The van der Waals surface area contributed by atoms with Gasteiger partial charge >= 0.3 is 0 Å². The van der Waals surface area contributed by atoms with Crippen LogP contribution in [0.2, 0.25) is 0 Å². The number of rotatable bonds is 4. The van der Waals surface area contributed by atoms with Crippen LogP contribution in [0.3, 0.4) is 0 Å². The number of likely N-dealkylation sites (tertiary alicyclic amines) is 1. The Morgan fingerprint density at radius 2 is 1.77 bits per heavy atom. The first-order valence-corrected chi connectivity index (χ1v) is 10.4. The lowest BCUT2D eigenvalue weighted by Gasteiger charge is -2.15. The Hall–Kier alpha value is -3.42. The number of oxazole rings is 1. The summed E-state index contributed by atoms with van der Waals surface area (Å²) in [6.07, 6.45) is 2.56. The van der Waals surface area contributed by atoms with Crippen LogP contribution >= 0.6 is 0 Å². The van der Waals surface area contributed by atoms with E-state index < -0.39 is 0 Å². The summed E-state index contributed by atoms with van der Waals surface area (Å²) in [7, 11) is 0. The van der Waals surface area contributed by atoms with Crippen molar-refractivity contribution in [3.63, 3.8) is 0 Å². The number of aromatic nitrogens is 1. The maximum atomic E-state index is 9.92. The third-order valence-electron chi connectivity index (χ3n) is 5.93. The lowest BCUT2D eigenvalue weighted by atomic mass is 9.96. The number of hydrogen-bond donors (Lipinski definition) is 0. The smallest absolute Gasteiger partial charge is 0.228 e. The third-order valence-corrected chi connectivity index (χ3v) is 5.93. The highest BCUT2D eigenvalue weighted by molar-refractivity contribution is 5.83. The summed E-state index contributed by atoms with van der Waals surface area (Å²) < 4.78 is 6.12. The summed E-state index contributed by atoms with van der Waals surface area (Å²) in [5.74, 6) is 0.497. The molecule has 3 aromatic carbocycles. The van der Waals surface area contributed by atoms with Crippen molar-refractivity contribution < 1.29 is 4.42 Å². The minimum absolute atomic E-state index is 0.497. The van der Waals surface area contributed by atoms with Crippen molar-refractivity contribution in [3.8, 4) is 28.7 Å². The molecule has 0 saturated carbocycles. The summed E-state index contributed by atoms with van der Waals surface area (Å²) in [6, 6.07) is 22.4. The molecule has 1 fully saturated rings. The molecule has 0 N–H and O–H groups in total. The van der Waals surface area contributed by atoms with Gasteiger partial charge in [-0.05, 0) is 67.7 Å². The van der Waals surface area contributed by atoms with Crippen molar-refractivity contribution in [2.45, 2.75) is 26.3 Å². The van der Waals surface area contributed by atoms with Crippen LogP contribution in [-0.4, -0.2) is 23.0 Å². The van der Waals surface area contributed by atoms with Gasteiger partial charge in [0.25, 0.3) is 0 Å². The van der Waals surface area contributed by atoms with Gasteiger partial charge in [-0.25, -0.2) is 4.98 Å². The van der Waals surface area contributed by atoms with Gasteiger partial charge in [0.1, 0.15) is 11.6 Å². The molecule has 2 heterocycles. The van der Waals surface area contributed by atoms with E-state index in [0.29, 0.717) is 11.5 Å². The lowest BCUT2D eigenvalue weighted by molar-refractivity contribution is 0.331. The average molecular weight is 393 g/mol. The van der Waals surface area contributed by atoms with Crippen molar-refractivity contribution in [3.05, 3.63) is 77.4 Å². The zero-order chi connectivity index (χ0) is 20.5. The van der Waals surface area contributed by atoms with Crippen LogP contribution in [0, 0.1) is 18.3 Å². The molecule has 0 aliphatic carbocycles. The van der Waals surface area contributed by atoms with Gasteiger partial charge < -0.3 is 4.42 Å². The predicted molar refractivity (Wildman–Crippen MR) is 119 cm³/mol. The molecule has 0 bridgehead atoms. The molecule has 30 heavy (non-hydrogen) atoms. The van der Waals surface area contributed by atoms with Crippen LogP contribution in [-0.2, 0) is 6.54 Å². The Morgan fingerprint density at radius 3 is 2.53 bits per heavy atom. The molecular weight excluding hydrogens is 370 g/mol. The predicted octanol–water partition coefficient (Wildman–Crippen LogP) is 5.94. The molecule has 1 aliphatic heterocycles. The minimum Gasteiger partial charge on any atom is -0.436 e. The van der Waals surface area contributed by atoms with Gasteiger partial charge in [-0.2, -0.15) is 5.26 Å². The second-order valence-electron chi connectivity index (χ2n) is 7.95. The Balaban J connectivity index is 1.57. The van der Waals surface area contributed by atoms with Crippen LogP contribution in [0.25, 0.3) is 33.7 Å². The Labute approximate surface area is 176 Å². The monoisotopic (exact) mass is 393 g/mol. The highest BCUT2D eigenvalue weighted by Crippen LogP contribution is 2.34. The molecule has 0 amide bonds. The second-order valence-corrected chi connectivity index (χ2v) is 7.95. The first-order chi connectivity index (χ1) is 14.7. The van der Waals surface area contributed by atoms with E-state index in [2.05, 4.69) is 30.0 Å². The number of aryl methyl sites for hydroxylation is 1. The van der Waals surface area contributed by atoms with E-state index in [4.69, 9.17) is 9.40 Å². The fourth-order valence-electron chi connectivity index (χ4n) is 4.30. The molecular formula is C26H23N3O. The lowest BCUT2D eigenvalue weighted by Crippen LogP contribution is -2.18. The van der Waals surface area contributed by atoms with Crippen molar-refractivity contribution in [2.24, 2.45) is 0 Å². The highest BCUT2D eigenvalue weighted by atomic mass is 16.3. The van der Waals surface area contributed by atoms with Gasteiger partial charge in [0.05, 0.1) is 11.1 Å². The van der Waals surface area contributed by atoms with Crippen molar-refractivity contribution >= 4 is 11.1 Å². The normalized spacial score (nSPS) is 14.3. The van der Waals surface area contributed by atoms with E-state index in [1.807, 2.05) is 48.5 Å². The Kier molecular flexibility index (Phi) is 4.82. The van der Waals surface area contributed by atoms with E-state index in [1.165, 1.54) is 37.1 Å². The highest BCUT2D eigenvalue weighted by Gasteiger charge is 2.18. The van der Waals surface area contributed by atoms with Gasteiger partial charge in [-0.1, -0.05) is 42.5 Å². The molecule has 1 aliphatic rings. The summed E-state index contributed by atoms with van der Waals surface area (Å²) in [5.41, 5.74) is 7.34. The molecule has 0 atom stereocenters. The number of fused-ring (bicyclic) bond motifs is 1. The molecule has 0 unspecified atom stereocenters. The van der Waals surface area contributed by atoms with Crippen LogP contribution in [0.15, 0.2) is 65.1 Å². The van der Waals surface area contributed by atoms with E-state index in [0.717, 1.165) is 34.3 Å². The first kappa shape index (κ1) is 18.6. The average Bonchev–Trinajstić information content (AvgIpc) is 3.43. The van der Waals surface area contributed by atoms with Gasteiger partial charge in [-0.15, -0.1) is 0 Å². The molecule has 4 aromatic rings. The molecule has 148 valence electrons. The van der Waals surface area contributed by atoms with E-state index in [9.17, 15) is 5.26 Å². The van der Waals surface area contributed by atoms with Crippen molar-refractivity contribution in [2.75, 3.05) is 13.1 Å². The SMILES string of the molecule is Cc1cc2oc(-c3cccc(-c4ccccc4)c3C#N)nc2cc1CN1CCCC1. The fourth-order valence-corrected chi connectivity index (χ4v) is 4.30. The molecule has 0 spiro atoms. The summed E-state index contributed by atoms with van der Waals surface area (Å²) >= 11 is 0. The zero-order valence-corrected chi connectivity index (χ0v) is 17.1.